The first-order chi connectivity index (χ1) is 8.87. The van der Waals surface area contributed by atoms with Crippen LogP contribution in [0.1, 0.15) is 19.4 Å². The molecule has 0 aliphatic carbocycles. The molecule has 0 spiro atoms. The van der Waals surface area contributed by atoms with Gasteiger partial charge in [-0.15, -0.1) is 0 Å². The third-order valence-corrected chi connectivity index (χ3v) is 3.40. The van der Waals surface area contributed by atoms with E-state index in [-0.39, 0.29) is 0 Å². The molecule has 0 saturated carbocycles. The number of likely N-dealkylation sites (N-methyl/N-ethyl adjacent to an activating group) is 1. The highest BCUT2D eigenvalue weighted by molar-refractivity contribution is 5.83. The number of hydrogen-bond donors (Lipinski definition) is 1. The number of rotatable bonds is 6. The van der Waals surface area contributed by atoms with Gasteiger partial charge in [-0.3, -0.25) is 4.79 Å². The third-order valence-electron chi connectivity index (χ3n) is 3.40. The maximum atomic E-state index is 11.6. The summed E-state index contributed by atoms with van der Waals surface area (Å²) in [5.74, 6) is -1.04. The Balaban J connectivity index is 3.26. The fraction of sp³-hybridized carbons (Fsp3) is 0.429. The van der Waals surface area contributed by atoms with Gasteiger partial charge in [0.05, 0.1) is 0 Å². The van der Waals surface area contributed by atoms with E-state index in [4.69, 9.17) is 0 Å². The molecule has 5 heteroatoms. The highest BCUT2D eigenvalue weighted by Crippen LogP contribution is 2.29. The molecule has 19 heavy (non-hydrogen) atoms. The molecular weight excluding hydrogens is 244 g/mol. The molecule has 1 rings (SSSR count). The van der Waals surface area contributed by atoms with Gasteiger partial charge in [0.25, 0.3) is 0 Å². The van der Waals surface area contributed by atoms with Crippen LogP contribution in [0.15, 0.2) is 24.3 Å². The van der Waals surface area contributed by atoms with Crippen LogP contribution in [-0.2, 0) is 15.1 Å². The molecule has 1 unspecified atom stereocenters. The normalized spacial score (nSPS) is 13.5. The summed E-state index contributed by atoms with van der Waals surface area (Å²) in [4.78, 5) is 25.9. The monoisotopic (exact) mass is 264 g/mol. The summed E-state index contributed by atoms with van der Waals surface area (Å²) < 4.78 is 0. The highest BCUT2D eigenvalue weighted by Gasteiger charge is 2.40. The second kappa shape index (κ2) is 5.73. The largest absolute Gasteiger partial charge is 0.479 e. The lowest BCUT2D eigenvalue weighted by molar-refractivity contribution is -0.154. The minimum atomic E-state index is -1.35. The number of carboxylic acid groups (broad SMARTS) is 1. The lowest BCUT2D eigenvalue weighted by Gasteiger charge is -2.35. The summed E-state index contributed by atoms with van der Waals surface area (Å²) >= 11 is 0. The van der Waals surface area contributed by atoms with Crippen LogP contribution in [0.25, 0.3) is 0 Å². The summed E-state index contributed by atoms with van der Waals surface area (Å²) in [6, 6.07) is 7.18. The van der Waals surface area contributed by atoms with Gasteiger partial charge in [-0.1, -0.05) is 12.1 Å². The molecule has 0 heterocycles. The van der Waals surface area contributed by atoms with Gasteiger partial charge in [-0.2, -0.15) is 0 Å². The van der Waals surface area contributed by atoms with Crippen molar-refractivity contribution in [3.63, 3.8) is 0 Å². The van der Waals surface area contributed by atoms with Crippen molar-refractivity contribution in [3.05, 3.63) is 29.8 Å². The number of hydrogen-bond acceptors (Lipinski definition) is 3. The van der Waals surface area contributed by atoms with Crippen LogP contribution in [-0.4, -0.2) is 43.0 Å². The molecule has 0 aliphatic heterocycles. The molecular formula is C14H20N2O3. The van der Waals surface area contributed by atoms with Crippen molar-refractivity contribution in [3.8, 4) is 0 Å². The zero-order valence-corrected chi connectivity index (χ0v) is 11.8. The first kappa shape index (κ1) is 15.0. The lowest BCUT2D eigenvalue weighted by Crippen LogP contribution is -2.49. The van der Waals surface area contributed by atoms with Crippen molar-refractivity contribution in [1.82, 2.24) is 4.90 Å². The summed E-state index contributed by atoms with van der Waals surface area (Å²) in [7, 11) is 3.82. The van der Waals surface area contributed by atoms with Gasteiger partial charge in [-0.25, -0.2) is 4.79 Å². The van der Waals surface area contributed by atoms with E-state index in [9.17, 15) is 14.7 Å². The van der Waals surface area contributed by atoms with Gasteiger partial charge in [0, 0.05) is 26.3 Å². The van der Waals surface area contributed by atoms with E-state index in [1.807, 2.05) is 31.1 Å². The molecule has 0 radical (unpaired) electrons. The smallest absolute Gasteiger partial charge is 0.334 e. The lowest BCUT2D eigenvalue weighted by atomic mass is 9.90. The SMILES string of the molecule is CCN(C=O)C(C)(C(=O)O)c1ccc(N(C)C)cc1. The molecule has 1 N–H and O–H groups in total. The molecule has 0 bridgehead atoms. The maximum Gasteiger partial charge on any atom is 0.334 e. The number of amides is 1. The highest BCUT2D eigenvalue weighted by atomic mass is 16.4. The van der Waals surface area contributed by atoms with Crippen molar-refractivity contribution in [2.45, 2.75) is 19.4 Å². The first-order valence-electron chi connectivity index (χ1n) is 6.11. The van der Waals surface area contributed by atoms with Gasteiger partial charge in [-0.05, 0) is 31.5 Å². The van der Waals surface area contributed by atoms with Crippen LogP contribution >= 0.6 is 0 Å². The number of carboxylic acids is 1. The second-order valence-corrected chi connectivity index (χ2v) is 4.71. The van der Waals surface area contributed by atoms with Gasteiger partial charge < -0.3 is 14.9 Å². The number of carbonyl (C=O) groups is 2. The standard InChI is InChI=1S/C14H20N2O3/c1-5-16(10-17)14(2,13(18)19)11-6-8-12(9-7-11)15(3)4/h6-10H,5H2,1-4H3,(H,18,19). The van der Waals surface area contributed by atoms with E-state index in [0.717, 1.165) is 5.69 Å². The fourth-order valence-electron chi connectivity index (χ4n) is 1.99. The van der Waals surface area contributed by atoms with Crippen LogP contribution in [0.3, 0.4) is 0 Å². The Labute approximate surface area is 113 Å². The minimum Gasteiger partial charge on any atom is -0.479 e. The molecule has 1 amide bonds. The van der Waals surface area contributed by atoms with E-state index in [0.29, 0.717) is 18.5 Å². The Morgan fingerprint density at radius 2 is 1.84 bits per heavy atom. The zero-order valence-electron chi connectivity index (χ0n) is 11.8. The predicted octanol–water partition coefficient (Wildman–Crippen LogP) is 1.53. The molecule has 0 aromatic heterocycles. The molecule has 1 aromatic rings. The zero-order chi connectivity index (χ0) is 14.6. The molecule has 0 fully saturated rings. The Bertz CT molecular complexity index is 456. The molecule has 1 aromatic carbocycles. The van der Waals surface area contributed by atoms with Crippen molar-refractivity contribution in [2.75, 3.05) is 25.5 Å². The Morgan fingerprint density at radius 3 is 2.16 bits per heavy atom. The number of anilines is 1. The summed E-state index contributed by atoms with van der Waals surface area (Å²) in [6.07, 6.45) is 0.577. The molecule has 104 valence electrons. The summed E-state index contributed by atoms with van der Waals surface area (Å²) in [5.41, 5.74) is 0.214. The van der Waals surface area contributed by atoms with Crippen LogP contribution in [0, 0.1) is 0 Å². The Morgan fingerprint density at radius 1 is 1.32 bits per heavy atom. The van der Waals surface area contributed by atoms with Gasteiger partial charge >= 0.3 is 5.97 Å². The fourth-order valence-corrected chi connectivity index (χ4v) is 1.99. The van der Waals surface area contributed by atoms with Gasteiger partial charge in [0.15, 0.2) is 5.54 Å². The van der Waals surface area contributed by atoms with Crippen molar-refractivity contribution in [1.29, 1.82) is 0 Å². The Kier molecular flexibility index (Phi) is 4.53. The molecule has 0 saturated heterocycles. The van der Waals surface area contributed by atoms with Crippen LogP contribution in [0.4, 0.5) is 5.69 Å². The Hall–Kier alpha value is -2.04. The maximum absolute atomic E-state index is 11.6. The number of benzene rings is 1. The van der Waals surface area contributed by atoms with E-state index in [2.05, 4.69) is 0 Å². The van der Waals surface area contributed by atoms with Gasteiger partial charge in [0.1, 0.15) is 0 Å². The van der Waals surface area contributed by atoms with Crippen LogP contribution < -0.4 is 4.90 Å². The van der Waals surface area contributed by atoms with Crippen molar-refractivity contribution < 1.29 is 14.7 Å². The average Bonchev–Trinajstić information content (AvgIpc) is 2.39. The number of carbonyl (C=O) groups excluding carboxylic acids is 1. The quantitative estimate of drug-likeness (QED) is 0.792. The topological polar surface area (TPSA) is 60.9 Å². The van der Waals surface area contributed by atoms with E-state index in [1.165, 1.54) is 11.8 Å². The van der Waals surface area contributed by atoms with Gasteiger partial charge in [0.2, 0.25) is 6.41 Å². The molecule has 1 atom stereocenters. The van der Waals surface area contributed by atoms with Crippen molar-refractivity contribution in [2.24, 2.45) is 0 Å². The number of aliphatic carboxylic acids is 1. The van der Waals surface area contributed by atoms with Crippen LogP contribution in [0.2, 0.25) is 0 Å². The summed E-state index contributed by atoms with van der Waals surface area (Å²) in [6.45, 7) is 3.63. The minimum absolute atomic E-state index is 0.335. The first-order valence-corrected chi connectivity index (χ1v) is 6.11. The molecule has 5 nitrogen and oxygen atoms in total. The van der Waals surface area contributed by atoms with E-state index >= 15 is 0 Å². The van der Waals surface area contributed by atoms with E-state index < -0.39 is 11.5 Å². The average molecular weight is 264 g/mol. The molecule has 0 aliphatic rings. The predicted molar refractivity (Wildman–Crippen MR) is 74.2 cm³/mol. The summed E-state index contributed by atoms with van der Waals surface area (Å²) in [5, 5.41) is 9.49. The van der Waals surface area contributed by atoms with E-state index in [1.54, 1.807) is 19.1 Å². The van der Waals surface area contributed by atoms with Crippen LogP contribution in [0.5, 0.6) is 0 Å². The number of nitrogens with zero attached hydrogens (tertiary/aromatic N) is 2. The third kappa shape index (κ3) is 2.70. The second-order valence-electron chi connectivity index (χ2n) is 4.71. The van der Waals surface area contributed by atoms with Crippen molar-refractivity contribution >= 4 is 18.1 Å².